The molecular formula is C9H3Cl2N. The van der Waals surface area contributed by atoms with Crippen LogP contribution < -0.4 is 0 Å². The van der Waals surface area contributed by atoms with Gasteiger partial charge in [-0.15, -0.1) is 0 Å². The molecule has 0 N–H and O–H groups in total. The van der Waals surface area contributed by atoms with Crippen LogP contribution in [0, 0.1) is 23.2 Å². The third-order valence-corrected chi connectivity index (χ3v) is 1.84. The van der Waals surface area contributed by atoms with Crippen molar-refractivity contribution < 1.29 is 0 Å². The maximum absolute atomic E-state index is 8.20. The lowest BCUT2D eigenvalue weighted by atomic mass is 10.2. The number of nitrogens with zero attached hydrogens (tertiary/aromatic N) is 1. The van der Waals surface area contributed by atoms with Gasteiger partial charge in [-0.3, -0.25) is 0 Å². The number of hydrogen-bond donors (Lipinski definition) is 0. The molecule has 0 amide bonds. The SMILES string of the molecule is N#CC#Cc1c(Cl)cccc1Cl. The lowest BCUT2D eigenvalue weighted by molar-refractivity contribution is 1.55. The number of nitriles is 1. The summed E-state index contributed by atoms with van der Waals surface area (Å²) in [6.07, 6.45) is 0. The summed E-state index contributed by atoms with van der Waals surface area (Å²) in [5.41, 5.74) is 0.502. The van der Waals surface area contributed by atoms with Crippen molar-refractivity contribution in [3.63, 3.8) is 0 Å². The molecular weight excluding hydrogens is 193 g/mol. The van der Waals surface area contributed by atoms with Crippen LogP contribution in [0.25, 0.3) is 0 Å². The van der Waals surface area contributed by atoms with Crippen LogP contribution in [0.15, 0.2) is 18.2 Å². The summed E-state index contributed by atoms with van der Waals surface area (Å²) in [7, 11) is 0. The average Bonchev–Trinajstić information content (AvgIpc) is 2.04. The summed E-state index contributed by atoms with van der Waals surface area (Å²) in [4.78, 5) is 0. The minimum absolute atomic E-state index is 0.463. The summed E-state index contributed by atoms with van der Waals surface area (Å²) >= 11 is 11.5. The Bertz CT molecular complexity index is 373. The monoisotopic (exact) mass is 195 g/mol. The molecule has 1 aromatic carbocycles. The predicted octanol–water partition coefficient (Wildman–Crippen LogP) is 2.87. The first kappa shape index (κ1) is 8.94. The molecule has 0 aliphatic carbocycles. The predicted molar refractivity (Wildman–Crippen MR) is 49.0 cm³/mol. The highest BCUT2D eigenvalue weighted by molar-refractivity contribution is 6.36. The summed E-state index contributed by atoms with van der Waals surface area (Å²) < 4.78 is 0. The second-order valence-electron chi connectivity index (χ2n) is 1.96. The van der Waals surface area contributed by atoms with E-state index in [1.165, 1.54) is 0 Å². The summed E-state index contributed by atoms with van der Waals surface area (Å²) in [6, 6.07) is 6.77. The zero-order valence-corrected chi connectivity index (χ0v) is 7.45. The van der Waals surface area contributed by atoms with Gasteiger partial charge >= 0.3 is 0 Å². The molecule has 0 aliphatic heterocycles. The summed E-state index contributed by atoms with van der Waals surface area (Å²) in [6.45, 7) is 0. The zero-order valence-electron chi connectivity index (χ0n) is 5.94. The lowest BCUT2D eigenvalue weighted by Crippen LogP contribution is -1.77. The fourth-order valence-corrected chi connectivity index (χ4v) is 1.20. The second kappa shape index (κ2) is 4.02. The second-order valence-corrected chi connectivity index (χ2v) is 2.77. The van der Waals surface area contributed by atoms with Crippen LogP contribution in [-0.2, 0) is 0 Å². The molecule has 1 aromatic rings. The first-order chi connectivity index (χ1) is 5.75. The highest BCUT2D eigenvalue weighted by atomic mass is 35.5. The largest absolute Gasteiger partial charge is 0.183 e. The average molecular weight is 196 g/mol. The van der Waals surface area contributed by atoms with E-state index in [2.05, 4.69) is 11.8 Å². The van der Waals surface area contributed by atoms with Crippen LogP contribution in [-0.4, -0.2) is 0 Å². The highest BCUT2D eigenvalue weighted by Crippen LogP contribution is 2.22. The van der Waals surface area contributed by atoms with Gasteiger partial charge in [-0.1, -0.05) is 29.3 Å². The van der Waals surface area contributed by atoms with Crippen LogP contribution in [0.1, 0.15) is 5.56 Å². The molecule has 0 aromatic heterocycles. The minimum atomic E-state index is 0.463. The van der Waals surface area contributed by atoms with Crippen LogP contribution in [0.4, 0.5) is 0 Å². The van der Waals surface area contributed by atoms with Crippen molar-refractivity contribution in [1.29, 1.82) is 5.26 Å². The highest BCUT2D eigenvalue weighted by Gasteiger charge is 2.00. The van der Waals surface area contributed by atoms with Crippen LogP contribution in [0.2, 0.25) is 10.0 Å². The summed E-state index contributed by atoms with van der Waals surface area (Å²) in [5, 5.41) is 9.13. The Labute approximate surface area is 80.5 Å². The Kier molecular flexibility index (Phi) is 3.00. The van der Waals surface area contributed by atoms with Crippen molar-refractivity contribution in [3.8, 4) is 17.9 Å². The van der Waals surface area contributed by atoms with E-state index in [1.54, 1.807) is 24.3 Å². The van der Waals surface area contributed by atoms with Crippen LogP contribution >= 0.6 is 23.2 Å². The van der Waals surface area contributed by atoms with E-state index >= 15 is 0 Å². The standard InChI is InChI=1S/C9H3Cl2N/c10-8-4-1-5-9(11)7(8)3-2-6-12/h1,4-5H. The molecule has 0 bridgehead atoms. The molecule has 1 nitrogen and oxygen atoms in total. The van der Waals surface area contributed by atoms with Crippen molar-refractivity contribution in [2.45, 2.75) is 0 Å². The quantitative estimate of drug-likeness (QED) is 0.585. The van der Waals surface area contributed by atoms with Gasteiger partial charge in [-0.2, -0.15) is 5.26 Å². The van der Waals surface area contributed by atoms with Gasteiger partial charge in [0.25, 0.3) is 0 Å². The van der Waals surface area contributed by atoms with Crippen molar-refractivity contribution in [3.05, 3.63) is 33.8 Å². The Morgan fingerprint density at radius 2 is 1.75 bits per heavy atom. The van der Waals surface area contributed by atoms with Crippen molar-refractivity contribution >= 4 is 23.2 Å². The van der Waals surface area contributed by atoms with Gasteiger partial charge in [0.05, 0.1) is 15.6 Å². The van der Waals surface area contributed by atoms with Gasteiger partial charge in [0.2, 0.25) is 0 Å². The van der Waals surface area contributed by atoms with Crippen molar-refractivity contribution in [1.82, 2.24) is 0 Å². The fraction of sp³-hybridized carbons (Fsp3) is 0. The number of halogens is 2. The molecule has 58 valence electrons. The van der Waals surface area contributed by atoms with Crippen LogP contribution in [0.3, 0.4) is 0 Å². The zero-order chi connectivity index (χ0) is 8.97. The normalized spacial score (nSPS) is 8.08. The molecule has 0 heterocycles. The number of hydrogen-bond acceptors (Lipinski definition) is 1. The summed E-state index contributed by atoms with van der Waals surface area (Å²) in [5.74, 6) is 4.79. The number of rotatable bonds is 0. The van der Waals surface area contributed by atoms with E-state index in [1.807, 2.05) is 0 Å². The van der Waals surface area contributed by atoms with Gasteiger partial charge in [-0.25, -0.2) is 0 Å². The van der Waals surface area contributed by atoms with E-state index in [4.69, 9.17) is 28.5 Å². The third kappa shape index (κ3) is 1.92. The molecule has 1 rings (SSSR count). The minimum Gasteiger partial charge on any atom is -0.183 e. The molecule has 0 fully saturated rings. The van der Waals surface area contributed by atoms with Gasteiger partial charge in [-0.05, 0) is 18.1 Å². The van der Waals surface area contributed by atoms with E-state index in [9.17, 15) is 0 Å². The van der Waals surface area contributed by atoms with Crippen molar-refractivity contribution in [2.75, 3.05) is 0 Å². The van der Waals surface area contributed by atoms with Crippen molar-refractivity contribution in [2.24, 2.45) is 0 Å². The van der Waals surface area contributed by atoms with Gasteiger partial charge in [0.15, 0.2) is 6.07 Å². The van der Waals surface area contributed by atoms with Gasteiger partial charge in [0, 0.05) is 5.92 Å². The molecule has 0 radical (unpaired) electrons. The smallest absolute Gasteiger partial charge is 0.152 e. The van der Waals surface area contributed by atoms with Gasteiger partial charge in [0.1, 0.15) is 0 Å². The first-order valence-corrected chi connectivity index (χ1v) is 3.85. The molecule has 0 spiro atoms. The fourth-order valence-electron chi connectivity index (χ4n) is 0.708. The maximum Gasteiger partial charge on any atom is 0.152 e. The first-order valence-electron chi connectivity index (χ1n) is 3.10. The van der Waals surface area contributed by atoms with E-state index in [-0.39, 0.29) is 0 Å². The number of benzene rings is 1. The molecule has 12 heavy (non-hydrogen) atoms. The Morgan fingerprint density at radius 1 is 1.17 bits per heavy atom. The lowest BCUT2D eigenvalue weighted by Gasteiger charge is -1.96. The maximum atomic E-state index is 8.20. The molecule has 0 saturated carbocycles. The van der Waals surface area contributed by atoms with E-state index in [0.29, 0.717) is 15.6 Å². The molecule has 0 atom stereocenters. The third-order valence-electron chi connectivity index (χ3n) is 1.21. The molecule has 3 heteroatoms. The van der Waals surface area contributed by atoms with E-state index in [0.717, 1.165) is 0 Å². The van der Waals surface area contributed by atoms with Gasteiger partial charge < -0.3 is 0 Å². The topological polar surface area (TPSA) is 23.8 Å². The molecule has 0 saturated heterocycles. The molecule has 0 unspecified atom stereocenters. The Hall–Kier alpha value is -1.15. The molecule has 0 aliphatic rings. The Morgan fingerprint density at radius 3 is 2.25 bits per heavy atom. The van der Waals surface area contributed by atoms with Crippen LogP contribution in [0.5, 0.6) is 0 Å². The van der Waals surface area contributed by atoms with E-state index < -0.39 is 0 Å². The Balaban J connectivity index is 3.24.